The van der Waals surface area contributed by atoms with Gasteiger partial charge in [0.2, 0.25) is 0 Å². The third-order valence-corrected chi connectivity index (χ3v) is 16.8. The first kappa shape index (κ1) is 32.2. The lowest BCUT2D eigenvalue weighted by molar-refractivity contribution is -0.0399. The Labute approximate surface area is 332 Å². The number of benzene rings is 6. The molecule has 276 valence electrons. The van der Waals surface area contributed by atoms with Gasteiger partial charge in [0.1, 0.15) is 0 Å². The van der Waals surface area contributed by atoms with Crippen LogP contribution in [0.15, 0.2) is 127 Å². The molecule has 6 aromatic carbocycles. The van der Waals surface area contributed by atoms with Crippen LogP contribution in [-0.2, 0) is 16.2 Å². The normalized spacial score (nSPS) is 27.1. The molecule has 0 saturated heterocycles. The van der Waals surface area contributed by atoms with Gasteiger partial charge in [0.25, 0.3) is 0 Å². The topological polar surface area (TPSA) is 3.24 Å². The monoisotopic (exact) mass is 725 g/mol. The van der Waals surface area contributed by atoms with Gasteiger partial charge >= 0.3 is 0 Å². The van der Waals surface area contributed by atoms with Gasteiger partial charge in [-0.1, -0.05) is 124 Å². The molecule has 8 aliphatic rings. The van der Waals surface area contributed by atoms with Gasteiger partial charge in [-0.05, 0) is 172 Å². The first-order valence-corrected chi connectivity index (χ1v) is 22.0. The summed E-state index contributed by atoms with van der Waals surface area (Å²) in [5.41, 5.74) is 22.0. The highest BCUT2D eigenvalue weighted by molar-refractivity contribution is 5.90. The van der Waals surface area contributed by atoms with Crippen molar-refractivity contribution in [1.29, 1.82) is 0 Å². The minimum absolute atomic E-state index is 0.0661. The van der Waals surface area contributed by atoms with E-state index in [1.54, 1.807) is 22.3 Å². The second-order valence-corrected chi connectivity index (χ2v) is 19.6. The predicted octanol–water partition coefficient (Wildman–Crippen LogP) is 14.4. The molecule has 4 bridgehead atoms. The third kappa shape index (κ3) is 3.98. The molecule has 0 heterocycles. The molecule has 1 nitrogen and oxygen atoms in total. The number of hydrogen-bond donors (Lipinski definition) is 0. The molecule has 5 fully saturated rings. The van der Waals surface area contributed by atoms with Crippen molar-refractivity contribution < 1.29 is 0 Å². The molecule has 0 N–H and O–H groups in total. The summed E-state index contributed by atoms with van der Waals surface area (Å²) in [6, 6.07) is 50.7. The Morgan fingerprint density at radius 3 is 1.48 bits per heavy atom. The van der Waals surface area contributed by atoms with E-state index in [0.29, 0.717) is 0 Å². The van der Waals surface area contributed by atoms with Crippen LogP contribution in [0.3, 0.4) is 0 Å². The van der Waals surface area contributed by atoms with Crippen LogP contribution in [-0.4, -0.2) is 0 Å². The molecule has 0 unspecified atom stereocenters. The van der Waals surface area contributed by atoms with Crippen LogP contribution in [0.2, 0.25) is 0 Å². The molecule has 8 aliphatic carbocycles. The van der Waals surface area contributed by atoms with E-state index in [1.165, 1.54) is 126 Å². The van der Waals surface area contributed by atoms with E-state index < -0.39 is 0 Å². The zero-order valence-corrected chi connectivity index (χ0v) is 33.0. The maximum Gasteiger partial charge on any atom is 0.0465 e. The molecular weight excluding hydrogens is 675 g/mol. The summed E-state index contributed by atoms with van der Waals surface area (Å²) >= 11 is 0. The lowest BCUT2D eigenvalue weighted by Gasteiger charge is -2.61. The van der Waals surface area contributed by atoms with Crippen LogP contribution < -0.4 is 4.90 Å². The molecule has 0 radical (unpaired) electrons. The number of nitrogens with zero attached hydrogens (tertiary/aromatic N) is 1. The fraction of sp³-hybridized carbons (Fsp3) is 0.345. The van der Waals surface area contributed by atoms with Crippen LogP contribution in [0.5, 0.6) is 0 Å². The van der Waals surface area contributed by atoms with Crippen molar-refractivity contribution in [3.63, 3.8) is 0 Å². The molecule has 1 heteroatoms. The van der Waals surface area contributed by atoms with Crippen molar-refractivity contribution in [2.45, 2.75) is 94.3 Å². The summed E-state index contributed by atoms with van der Waals surface area (Å²) in [4.78, 5) is 2.66. The van der Waals surface area contributed by atoms with Crippen LogP contribution in [0.4, 0.5) is 17.1 Å². The van der Waals surface area contributed by atoms with Crippen molar-refractivity contribution in [2.75, 3.05) is 4.90 Å². The Bertz CT molecular complexity index is 2600. The second-order valence-electron chi connectivity index (χ2n) is 19.6. The molecule has 6 aromatic rings. The molecule has 0 atom stereocenters. The quantitative estimate of drug-likeness (QED) is 0.176. The minimum Gasteiger partial charge on any atom is -0.310 e. The fourth-order valence-corrected chi connectivity index (χ4v) is 14.8. The van der Waals surface area contributed by atoms with E-state index in [4.69, 9.17) is 0 Å². The Morgan fingerprint density at radius 2 is 0.857 bits per heavy atom. The van der Waals surface area contributed by atoms with Gasteiger partial charge in [0.15, 0.2) is 0 Å². The standard InChI is InChI=1S/C55H51N/c1-53(2)47-15-7-4-12-41(47)44-21-18-38(31-50(44)53)56(39-19-22-45-42-13-5-8-16-48(42)54(51(45)32-39)24-10-3-11-25-54)40-20-23-46-43-14-6-9-17-49(43)55(52(46)33-40)36-27-34-26-35(29-36)30-37(55)28-34/h4-9,12-23,31-37H,3,10-11,24-30H2,1-2H3. The SMILES string of the molecule is CC1(C)c2ccccc2-c2ccc(N(c3ccc4c(c3)C3(CCCCC3)c3ccccc3-4)c3ccc4c(c3)C3(c5ccccc5-4)C4CC5CC(C4)CC3C5)cc21. The summed E-state index contributed by atoms with van der Waals surface area (Å²) < 4.78 is 0. The van der Waals surface area contributed by atoms with Crippen LogP contribution in [0.25, 0.3) is 33.4 Å². The van der Waals surface area contributed by atoms with Gasteiger partial charge < -0.3 is 4.90 Å². The fourth-order valence-electron chi connectivity index (χ4n) is 14.8. The summed E-state index contributed by atoms with van der Waals surface area (Å²) in [7, 11) is 0. The van der Waals surface area contributed by atoms with E-state index in [2.05, 4.69) is 146 Å². The van der Waals surface area contributed by atoms with Crippen molar-refractivity contribution in [3.05, 3.63) is 161 Å². The largest absolute Gasteiger partial charge is 0.310 e. The summed E-state index contributed by atoms with van der Waals surface area (Å²) in [5.74, 6) is 3.35. The number of fused-ring (bicyclic) bond motifs is 11. The smallest absolute Gasteiger partial charge is 0.0465 e. The highest BCUT2D eigenvalue weighted by atomic mass is 15.1. The van der Waals surface area contributed by atoms with Crippen molar-refractivity contribution >= 4 is 17.1 Å². The highest BCUT2D eigenvalue weighted by Crippen LogP contribution is 2.70. The van der Waals surface area contributed by atoms with Crippen molar-refractivity contribution in [2.24, 2.45) is 23.7 Å². The number of hydrogen-bond acceptors (Lipinski definition) is 1. The molecule has 14 rings (SSSR count). The van der Waals surface area contributed by atoms with Crippen molar-refractivity contribution in [3.8, 4) is 33.4 Å². The second kappa shape index (κ2) is 11.2. The van der Waals surface area contributed by atoms with E-state index in [0.717, 1.165) is 23.7 Å². The zero-order valence-electron chi connectivity index (χ0n) is 33.0. The lowest BCUT2D eigenvalue weighted by Crippen LogP contribution is -2.55. The third-order valence-electron chi connectivity index (χ3n) is 16.8. The summed E-state index contributed by atoms with van der Waals surface area (Å²) in [6.45, 7) is 4.85. The van der Waals surface area contributed by atoms with Crippen LogP contribution in [0.1, 0.15) is 111 Å². The Kier molecular flexibility index (Phi) is 6.42. The van der Waals surface area contributed by atoms with Gasteiger partial charge in [-0.25, -0.2) is 0 Å². The molecule has 0 aromatic heterocycles. The molecule has 0 aliphatic heterocycles. The predicted molar refractivity (Wildman–Crippen MR) is 231 cm³/mol. The number of anilines is 3. The minimum atomic E-state index is -0.0661. The average Bonchev–Trinajstić information content (AvgIpc) is 3.76. The van der Waals surface area contributed by atoms with Crippen LogP contribution in [0, 0.1) is 23.7 Å². The highest BCUT2D eigenvalue weighted by Gasteiger charge is 2.61. The molecule has 0 amide bonds. The summed E-state index contributed by atoms with van der Waals surface area (Å²) in [6.07, 6.45) is 13.6. The molecule has 2 spiro atoms. The first-order chi connectivity index (χ1) is 27.4. The Hall–Kier alpha value is -4.88. The first-order valence-electron chi connectivity index (χ1n) is 22.0. The summed E-state index contributed by atoms with van der Waals surface area (Å²) in [5, 5.41) is 0. The van der Waals surface area contributed by atoms with Gasteiger partial charge in [0, 0.05) is 33.3 Å². The average molecular weight is 726 g/mol. The maximum absolute atomic E-state index is 2.70. The molecule has 56 heavy (non-hydrogen) atoms. The van der Waals surface area contributed by atoms with E-state index >= 15 is 0 Å². The van der Waals surface area contributed by atoms with E-state index in [-0.39, 0.29) is 16.2 Å². The zero-order chi connectivity index (χ0) is 37.0. The number of rotatable bonds is 3. The van der Waals surface area contributed by atoms with Gasteiger partial charge in [-0.2, -0.15) is 0 Å². The van der Waals surface area contributed by atoms with Crippen molar-refractivity contribution in [1.82, 2.24) is 0 Å². The molecule has 5 saturated carbocycles. The van der Waals surface area contributed by atoms with E-state index in [9.17, 15) is 0 Å². The van der Waals surface area contributed by atoms with Crippen LogP contribution >= 0.6 is 0 Å². The van der Waals surface area contributed by atoms with Gasteiger partial charge in [-0.15, -0.1) is 0 Å². The van der Waals surface area contributed by atoms with E-state index in [1.807, 2.05) is 0 Å². The Balaban J connectivity index is 1.04. The Morgan fingerprint density at radius 1 is 0.411 bits per heavy atom. The van der Waals surface area contributed by atoms with Gasteiger partial charge in [0.05, 0.1) is 0 Å². The van der Waals surface area contributed by atoms with Gasteiger partial charge in [-0.3, -0.25) is 0 Å². The maximum atomic E-state index is 2.70. The lowest BCUT2D eigenvalue weighted by atomic mass is 9.43. The molecular formula is C55H51N.